The van der Waals surface area contributed by atoms with Crippen LogP contribution in [0.2, 0.25) is 0 Å². The van der Waals surface area contributed by atoms with E-state index in [2.05, 4.69) is 37.5 Å². The SMILES string of the molecule is CCC(C)CCCN(C(=O)/C=C/CN(C)C)C(CC)CC. The van der Waals surface area contributed by atoms with Crippen molar-refractivity contribution < 1.29 is 4.79 Å². The molecule has 21 heavy (non-hydrogen) atoms. The van der Waals surface area contributed by atoms with Crippen molar-refractivity contribution in [1.29, 1.82) is 0 Å². The number of nitrogens with zero attached hydrogens (tertiary/aromatic N) is 2. The summed E-state index contributed by atoms with van der Waals surface area (Å²) in [5.74, 6) is 0.933. The number of hydrogen-bond donors (Lipinski definition) is 0. The van der Waals surface area contributed by atoms with Crippen LogP contribution in [0, 0.1) is 5.92 Å². The zero-order valence-corrected chi connectivity index (χ0v) is 15.1. The van der Waals surface area contributed by atoms with Crippen molar-refractivity contribution in [2.45, 2.75) is 65.8 Å². The lowest BCUT2D eigenvalue weighted by Crippen LogP contribution is -2.39. The van der Waals surface area contributed by atoms with Crippen LogP contribution < -0.4 is 0 Å². The van der Waals surface area contributed by atoms with E-state index >= 15 is 0 Å². The molecule has 0 aliphatic heterocycles. The van der Waals surface area contributed by atoms with Crippen molar-refractivity contribution in [1.82, 2.24) is 9.80 Å². The van der Waals surface area contributed by atoms with Crippen molar-refractivity contribution in [3.8, 4) is 0 Å². The van der Waals surface area contributed by atoms with Gasteiger partial charge in [-0.05, 0) is 45.7 Å². The molecule has 3 heteroatoms. The second-order valence-corrected chi connectivity index (χ2v) is 6.32. The van der Waals surface area contributed by atoms with Gasteiger partial charge in [-0.15, -0.1) is 0 Å². The molecule has 0 heterocycles. The third-order valence-corrected chi connectivity index (χ3v) is 4.19. The second kappa shape index (κ2) is 11.8. The van der Waals surface area contributed by atoms with Crippen molar-refractivity contribution in [2.24, 2.45) is 5.92 Å². The highest BCUT2D eigenvalue weighted by Crippen LogP contribution is 2.14. The van der Waals surface area contributed by atoms with Gasteiger partial charge in [-0.1, -0.05) is 40.2 Å². The molecule has 1 unspecified atom stereocenters. The molecule has 0 rings (SSSR count). The first-order valence-electron chi connectivity index (χ1n) is 8.57. The summed E-state index contributed by atoms with van der Waals surface area (Å²) in [5.41, 5.74) is 0. The minimum absolute atomic E-state index is 0.176. The predicted octanol–water partition coefficient (Wildman–Crippen LogP) is 3.95. The minimum atomic E-state index is 0.176. The van der Waals surface area contributed by atoms with Crippen LogP contribution in [-0.2, 0) is 4.79 Å². The molecule has 0 bridgehead atoms. The lowest BCUT2D eigenvalue weighted by atomic mass is 10.0. The molecular formula is C18H36N2O. The lowest BCUT2D eigenvalue weighted by Gasteiger charge is -2.30. The highest BCUT2D eigenvalue weighted by molar-refractivity contribution is 5.87. The summed E-state index contributed by atoms with van der Waals surface area (Å²) < 4.78 is 0. The highest BCUT2D eigenvalue weighted by Gasteiger charge is 2.18. The molecule has 0 saturated heterocycles. The molecule has 1 atom stereocenters. The van der Waals surface area contributed by atoms with E-state index in [1.807, 2.05) is 20.2 Å². The topological polar surface area (TPSA) is 23.6 Å². The van der Waals surface area contributed by atoms with Crippen LogP contribution in [0.4, 0.5) is 0 Å². The number of carbonyl (C=O) groups is 1. The Morgan fingerprint density at radius 3 is 2.19 bits per heavy atom. The monoisotopic (exact) mass is 296 g/mol. The first-order valence-corrected chi connectivity index (χ1v) is 8.57. The summed E-state index contributed by atoms with van der Waals surface area (Å²) in [7, 11) is 4.03. The Kier molecular flexibility index (Phi) is 11.3. The van der Waals surface area contributed by atoms with Gasteiger partial charge in [-0.25, -0.2) is 0 Å². The van der Waals surface area contributed by atoms with Gasteiger partial charge >= 0.3 is 0 Å². The molecule has 0 aromatic heterocycles. The van der Waals surface area contributed by atoms with Crippen molar-refractivity contribution in [3.05, 3.63) is 12.2 Å². The Morgan fingerprint density at radius 2 is 1.71 bits per heavy atom. The minimum Gasteiger partial charge on any atom is -0.336 e. The van der Waals surface area contributed by atoms with Crippen LogP contribution in [0.25, 0.3) is 0 Å². The van der Waals surface area contributed by atoms with E-state index in [1.54, 1.807) is 6.08 Å². The molecule has 0 radical (unpaired) electrons. The summed E-state index contributed by atoms with van der Waals surface area (Å²) in [6.07, 6.45) is 9.33. The maximum Gasteiger partial charge on any atom is 0.246 e. The Labute approximate surface area is 132 Å². The molecule has 0 fully saturated rings. The first-order chi connectivity index (χ1) is 9.96. The van der Waals surface area contributed by atoms with E-state index in [4.69, 9.17) is 0 Å². The summed E-state index contributed by atoms with van der Waals surface area (Å²) in [6, 6.07) is 0.374. The Bertz CT molecular complexity index is 296. The first kappa shape index (κ1) is 20.2. The number of amides is 1. The molecule has 0 spiro atoms. The van der Waals surface area contributed by atoms with Gasteiger partial charge in [0, 0.05) is 25.2 Å². The lowest BCUT2D eigenvalue weighted by molar-refractivity contribution is -0.128. The third kappa shape index (κ3) is 8.92. The maximum absolute atomic E-state index is 12.4. The van der Waals surface area contributed by atoms with Gasteiger partial charge in [0.15, 0.2) is 0 Å². The van der Waals surface area contributed by atoms with Gasteiger partial charge in [-0.3, -0.25) is 4.79 Å². The van der Waals surface area contributed by atoms with Crippen molar-refractivity contribution >= 4 is 5.91 Å². The molecule has 3 nitrogen and oxygen atoms in total. The van der Waals surface area contributed by atoms with Crippen LogP contribution in [0.5, 0.6) is 0 Å². The molecule has 1 amide bonds. The van der Waals surface area contributed by atoms with Crippen LogP contribution in [-0.4, -0.2) is 48.9 Å². The zero-order chi connectivity index (χ0) is 16.3. The summed E-state index contributed by atoms with van der Waals surface area (Å²) in [5, 5.41) is 0. The summed E-state index contributed by atoms with van der Waals surface area (Å²) in [4.78, 5) is 16.6. The molecule has 0 saturated carbocycles. The quantitative estimate of drug-likeness (QED) is 0.539. The fourth-order valence-electron chi connectivity index (χ4n) is 2.48. The fourth-order valence-corrected chi connectivity index (χ4v) is 2.48. The van der Waals surface area contributed by atoms with Crippen LogP contribution in [0.15, 0.2) is 12.2 Å². The Hall–Kier alpha value is -0.830. The summed E-state index contributed by atoms with van der Waals surface area (Å²) in [6.45, 7) is 10.6. The maximum atomic E-state index is 12.4. The van der Waals surface area contributed by atoms with Crippen molar-refractivity contribution in [3.63, 3.8) is 0 Å². The zero-order valence-electron chi connectivity index (χ0n) is 15.1. The van der Waals surface area contributed by atoms with Gasteiger partial charge in [0.1, 0.15) is 0 Å². The molecule has 0 aliphatic rings. The van der Waals surface area contributed by atoms with Gasteiger partial charge in [0.25, 0.3) is 0 Å². The second-order valence-electron chi connectivity index (χ2n) is 6.32. The average Bonchev–Trinajstić information content (AvgIpc) is 2.45. The molecule has 124 valence electrons. The molecule has 0 aromatic rings. The van der Waals surface area contributed by atoms with E-state index in [0.29, 0.717) is 6.04 Å². The van der Waals surface area contributed by atoms with E-state index in [0.717, 1.165) is 38.3 Å². The Morgan fingerprint density at radius 1 is 1.10 bits per heavy atom. The van der Waals surface area contributed by atoms with Gasteiger partial charge < -0.3 is 9.80 Å². The van der Waals surface area contributed by atoms with E-state index < -0.39 is 0 Å². The third-order valence-electron chi connectivity index (χ3n) is 4.19. The average molecular weight is 296 g/mol. The number of likely N-dealkylation sites (N-methyl/N-ethyl adjacent to an activating group) is 1. The standard InChI is InChI=1S/C18H36N2O/c1-7-16(4)12-10-15-20(17(8-2)9-3)18(21)13-11-14-19(5)6/h11,13,16-17H,7-10,12,14-15H2,1-6H3/b13-11+. The fraction of sp³-hybridized carbons (Fsp3) is 0.833. The van der Waals surface area contributed by atoms with Gasteiger partial charge in [0.2, 0.25) is 5.91 Å². The predicted molar refractivity (Wildman–Crippen MR) is 92.5 cm³/mol. The van der Waals surface area contributed by atoms with Crippen molar-refractivity contribution in [2.75, 3.05) is 27.2 Å². The van der Waals surface area contributed by atoms with Gasteiger partial charge in [-0.2, -0.15) is 0 Å². The molecule has 0 N–H and O–H groups in total. The van der Waals surface area contributed by atoms with Crippen LogP contribution in [0.3, 0.4) is 0 Å². The van der Waals surface area contributed by atoms with Gasteiger partial charge in [0.05, 0.1) is 0 Å². The molecule has 0 aromatic carbocycles. The normalized spacial score (nSPS) is 13.3. The largest absolute Gasteiger partial charge is 0.336 e. The molecular weight excluding hydrogens is 260 g/mol. The number of carbonyl (C=O) groups excluding carboxylic acids is 1. The summed E-state index contributed by atoms with van der Waals surface area (Å²) >= 11 is 0. The number of hydrogen-bond acceptors (Lipinski definition) is 2. The van der Waals surface area contributed by atoms with E-state index in [9.17, 15) is 4.79 Å². The smallest absolute Gasteiger partial charge is 0.246 e. The molecule has 0 aliphatic carbocycles. The number of rotatable bonds is 11. The highest BCUT2D eigenvalue weighted by atomic mass is 16.2. The Balaban J connectivity index is 4.57. The van der Waals surface area contributed by atoms with Crippen LogP contribution >= 0.6 is 0 Å². The van der Waals surface area contributed by atoms with E-state index in [-0.39, 0.29) is 5.91 Å². The van der Waals surface area contributed by atoms with E-state index in [1.165, 1.54) is 12.8 Å². The van der Waals surface area contributed by atoms with Crippen LogP contribution in [0.1, 0.15) is 59.8 Å².